The van der Waals surface area contributed by atoms with E-state index in [4.69, 9.17) is 27.9 Å². The number of carbonyl (C=O) groups excluding carboxylic acids is 3. The van der Waals surface area contributed by atoms with Crippen molar-refractivity contribution in [2.45, 2.75) is 0 Å². The monoisotopic (exact) mass is 496 g/mol. The van der Waals surface area contributed by atoms with Crippen LogP contribution in [0.4, 0.5) is 11.4 Å². The number of fused-ring (bicyclic) bond motifs is 1. The zero-order valence-electron chi connectivity index (χ0n) is 17.8. The van der Waals surface area contributed by atoms with E-state index in [0.29, 0.717) is 38.1 Å². The van der Waals surface area contributed by atoms with E-state index < -0.39 is 17.7 Å². The molecule has 172 valence electrons. The van der Waals surface area contributed by atoms with Crippen LogP contribution in [0.5, 0.6) is 5.75 Å². The molecule has 0 saturated heterocycles. The molecule has 0 fully saturated rings. The third-order valence-electron chi connectivity index (χ3n) is 4.82. The maximum Gasteiger partial charge on any atom is 0.328 e. The second-order valence-electron chi connectivity index (χ2n) is 7.13. The number of benzene rings is 3. The van der Waals surface area contributed by atoms with E-state index in [9.17, 15) is 14.4 Å². The maximum absolute atomic E-state index is 13.1. The molecule has 0 saturated carbocycles. The predicted octanol–water partition coefficient (Wildman–Crippen LogP) is 4.92. The van der Waals surface area contributed by atoms with Crippen molar-refractivity contribution in [1.82, 2.24) is 4.68 Å². The summed E-state index contributed by atoms with van der Waals surface area (Å²) in [6.45, 7) is 0. The number of hydrogen-bond acceptors (Lipinski definition) is 4. The van der Waals surface area contributed by atoms with Gasteiger partial charge in [-0.1, -0.05) is 47.5 Å². The SMILES string of the molecule is COc1cccc2cc(C(=O)Nc3cccc(Cl)c3)n(NC(=O)C(=O)Nc3cccc(Cl)c3)c12. The first-order valence-corrected chi connectivity index (χ1v) is 10.7. The molecule has 0 spiro atoms. The number of rotatable bonds is 5. The summed E-state index contributed by atoms with van der Waals surface area (Å²) in [5, 5.41) is 6.67. The summed E-state index contributed by atoms with van der Waals surface area (Å²) >= 11 is 11.9. The molecule has 0 radical (unpaired) electrons. The van der Waals surface area contributed by atoms with Crippen molar-refractivity contribution < 1.29 is 19.1 Å². The van der Waals surface area contributed by atoms with Gasteiger partial charge < -0.3 is 15.4 Å². The standard InChI is InChI=1S/C24H18Cl2N4O4/c1-34-20-10-2-5-14-11-19(22(31)27-17-8-3-6-15(25)12-17)30(21(14)20)29-24(33)23(32)28-18-9-4-7-16(26)13-18/h2-13H,1H3,(H,27,31)(H,28,32)(H,29,33). The lowest BCUT2D eigenvalue weighted by molar-refractivity contribution is -0.133. The van der Waals surface area contributed by atoms with Gasteiger partial charge in [0.05, 0.1) is 7.11 Å². The third-order valence-corrected chi connectivity index (χ3v) is 5.29. The fourth-order valence-electron chi connectivity index (χ4n) is 3.34. The molecule has 3 N–H and O–H groups in total. The van der Waals surface area contributed by atoms with Crippen LogP contribution in [0.25, 0.3) is 10.9 Å². The first-order valence-electron chi connectivity index (χ1n) is 9.99. The van der Waals surface area contributed by atoms with E-state index >= 15 is 0 Å². The van der Waals surface area contributed by atoms with Crippen molar-refractivity contribution in [3.8, 4) is 5.75 Å². The fourth-order valence-corrected chi connectivity index (χ4v) is 3.72. The van der Waals surface area contributed by atoms with Crippen LogP contribution in [-0.2, 0) is 9.59 Å². The number of methoxy groups -OCH3 is 1. The molecule has 1 heterocycles. The molecule has 3 amide bonds. The van der Waals surface area contributed by atoms with Gasteiger partial charge in [-0.15, -0.1) is 0 Å². The van der Waals surface area contributed by atoms with Gasteiger partial charge in [-0.2, -0.15) is 0 Å². The van der Waals surface area contributed by atoms with Crippen LogP contribution in [0.15, 0.2) is 72.8 Å². The lowest BCUT2D eigenvalue weighted by atomic mass is 10.2. The third kappa shape index (κ3) is 4.98. The molecular weight excluding hydrogens is 479 g/mol. The first kappa shape index (κ1) is 23.2. The van der Waals surface area contributed by atoms with Gasteiger partial charge in [-0.05, 0) is 48.5 Å². The Balaban J connectivity index is 1.67. The van der Waals surface area contributed by atoms with Crippen LogP contribution in [0, 0.1) is 0 Å². The molecule has 34 heavy (non-hydrogen) atoms. The molecule has 8 nitrogen and oxygen atoms in total. The largest absolute Gasteiger partial charge is 0.494 e. The minimum atomic E-state index is -1.000. The Morgan fingerprint density at radius 3 is 2.03 bits per heavy atom. The topological polar surface area (TPSA) is 101 Å². The minimum absolute atomic E-state index is 0.0726. The van der Waals surface area contributed by atoms with Crippen LogP contribution < -0.4 is 20.8 Å². The van der Waals surface area contributed by atoms with E-state index in [1.54, 1.807) is 66.7 Å². The van der Waals surface area contributed by atoms with Crippen molar-refractivity contribution in [3.05, 3.63) is 88.5 Å². The van der Waals surface area contributed by atoms with Crippen LogP contribution >= 0.6 is 23.2 Å². The van der Waals surface area contributed by atoms with Crippen LogP contribution in [0.3, 0.4) is 0 Å². The summed E-state index contributed by atoms with van der Waals surface area (Å²) in [6, 6.07) is 19.8. The van der Waals surface area contributed by atoms with Gasteiger partial charge in [0.2, 0.25) is 0 Å². The average molecular weight is 497 g/mol. The van der Waals surface area contributed by atoms with Crippen molar-refractivity contribution in [1.29, 1.82) is 0 Å². The van der Waals surface area contributed by atoms with Gasteiger partial charge in [0.25, 0.3) is 5.91 Å². The summed E-state index contributed by atoms with van der Waals surface area (Å²) in [4.78, 5) is 38.4. The first-order chi connectivity index (χ1) is 16.4. The van der Waals surface area contributed by atoms with Crippen LogP contribution in [0.2, 0.25) is 10.0 Å². The molecule has 0 unspecified atom stereocenters. The number of para-hydroxylation sites is 1. The number of amides is 3. The highest BCUT2D eigenvalue weighted by Crippen LogP contribution is 2.29. The Hall–Kier alpha value is -4.01. The average Bonchev–Trinajstić information content (AvgIpc) is 3.17. The molecule has 0 bridgehead atoms. The Labute approximate surface area is 204 Å². The van der Waals surface area contributed by atoms with Gasteiger partial charge in [-0.25, -0.2) is 4.68 Å². The number of ether oxygens (including phenoxy) is 1. The molecule has 0 aliphatic carbocycles. The molecule has 4 aromatic rings. The highest BCUT2D eigenvalue weighted by Gasteiger charge is 2.23. The number of nitrogens with one attached hydrogen (secondary N) is 3. The van der Waals surface area contributed by atoms with Crippen molar-refractivity contribution in [2.24, 2.45) is 0 Å². The van der Waals surface area contributed by atoms with E-state index in [-0.39, 0.29) is 5.69 Å². The molecule has 4 rings (SSSR count). The minimum Gasteiger partial charge on any atom is -0.494 e. The summed E-state index contributed by atoms with van der Waals surface area (Å²) in [5.41, 5.74) is 3.78. The Morgan fingerprint density at radius 1 is 0.794 bits per heavy atom. The second kappa shape index (κ2) is 9.86. The number of halogens is 2. The van der Waals surface area contributed by atoms with Crippen molar-refractivity contribution >= 4 is 63.2 Å². The number of hydrogen-bond donors (Lipinski definition) is 3. The molecule has 0 atom stereocenters. The zero-order valence-corrected chi connectivity index (χ0v) is 19.3. The molecule has 0 aliphatic heterocycles. The lowest BCUT2D eigenvalue weighted by Gasteiger charge is -2.14. The molecular formula is C24H18Cl2N4O4. The normalized spacial score (nSPS) is 10.6. The van der Waals surface area contributed by atoms with Crippen molar-refractivity contribution in [3.63, 3.8) is 0 Å². The molecule has 3 aromatic carbocycles. The van der Waals surface area contributed by atoms with Crippen LogP contribution in [0.1, 0.15) is 10.5 Å². The Bertz CT molecular complexity index is 1420. The van der Waals surface area contributed by atoms with Gasteiger partial charge in [0, 0.05) is 26.8 Å². The van der Waals surface area contributed by atoms with Crippen LogP contribution in [-0.4, -0.2) is 29.5 Å². The summed E-state index contributed by atoms with van der Waals surface area (Å²) in [6.07, 6.45) is 0. The molecule has 10 heteroatoms. The highest BCUT2D eigenvalue weighted by molar-refractivity contribution is 6.42. The predicted molar refractivity (Wildman–Crippen MR) is 132 cm³/mol. The quantitative estimate of drug-likeness (QED) is 0.341. The van der Waals surface area contributed by atoms with Gasteiger partial charge >= 0.3 is 11.8 Å². The highest BCUT2D eigenvalue weighted by atomic mass is 35.5. The van der Waals surface area contributed by atoms with Gasteiger partial charge in [0.1, 0.15) is 17.0 Å². The molecule has 1 aromatic heterocycles. The van der Waals surface area contributed by atoms with E-state index in [1.807, 2.05) is 0 Å². The molecule has 0 aliphatic rings. The fraction of sp³-hybridized carbons (Fsp3) is 0.0417. The Kier molecular flexibility index (Phi) is 6.72. The number of nitrogens with zero attached hydrogens (tertiary/aromatic N) is 1. The van der Waals surface area contributed by atoms with E-state index in [0.717, 1.165) is 0 Å². The second-order valence-corrected chi connectivity index (χ2v) is 8.01. The summed E-state index contributed by atoms with van der Waals surface area (Å²) in [7, 11) is 1.46. The lowest BCUT2D eigenvalue weighted by Crippen LogP contribution is -2.36. The number of anilines is 2. The Morgan fingerprint density at radius 2 is 1.41 bits per heavy atom. The van der Waals surface area contributed by atoms with Crippen molar-refractivity contribution in [2.75, 3.05) is 23.2 Å². The van der Waals surface area contributed by atoms with E-state index in [2.05, 4.69) is 16.1 Å². The number of carbonyl (C=O) groups is 3. The number of aromatic nitrogens is 1. The summed E-state index contributed by atoms with van der Waals surface area (Å²) in [5.74, 6) is -2.08. The summed E-state index contributed by atoms with van der Waals surface area (Å²) < 4.78 is 6.63. The van der Waals surface area contributed by atoms with E-state index in [1.165, 1.54) is 17.9 Å². The van der Waals surface area contributed by atoms with Gasteiger partial charge in [0.15, 0.2) is 0 Å². The smallest absolute Gasteiger partial charge is 0.328 e. The zero-order chi connectivity index (χ0) is 24.2. The maximum atomic E-state index is 13.1. The van der Waals surface area contributed by atoms with Gasteiger partial charge in [-0.3, -0.25) is 19.8 Å².